The number of nitrogens with two attached hydrogens (primary N) is 1. The number of aromatic nitrogens is 7. The van der Waals surface area contributed by atoms with Crippen LogP contribution in [-0.4, -0.2) is 48.8 Å². The van der Waals surface area contributed by atoms with Crippen molar-refractivity contribution in [1.29, 1.82) is 0 Å². The minimum Gasteiger partial charge on any atom is -0.496 e. The van der Waals surface area contributed by atoms with Crippen molar-refractivity contribution in [2.75, 3.05) is 24.7 Å². The van der Waals surface area contributed by atoms with Crippen LogP contribution < -0.4 is 15.8 Å². The summed E-state index contributed by atoms with van der Waals surface area (Å²) in [6, 6.07) is 8.12. The fourth-order valence-electron chi connectivity index (χ4n) is 3.99. The highest BCUT2D eigenvalue weighted by molar-refractivity contribution is 5.87. The van der Waals surface area contributed by atoms with Gasteiger partial charge in [0.25, 0.3) is 0 Å². The molecular formula is C23H31N9O. The first kappa shape index (κ1) is 22.5. The molecule has 174 valence electrons. The maximum atomic E-state index is 5.97. The van der Waals surface area contributed by atoms with E-state index in [-0.39, 0.29) is 5.95 Å². The minimum absolute atomic E-state index is 0.264. The number of nitrogens with zero attached hydrogens (tertiary/aromatic N) is 6. The first-order valence-corrected chi connectivity index (χ1v) is 11.2. The molecule has 0 saturated carbocycles. The molecule has 0 aliphatic heterocycles. The summed E-state index contributed by atoms with van der Waals surface area (Å²) in [6.45, 7) is 7.75. The van der Waals surface area contributed by atoms with Crippen LogP contribution in [0.2, 0.25) is 0 Å². The Hall–Kier alpha value is -3.69. The Morgan fingerprint density at radius 1 is 1.18 bits per heavy atom. The van der Waals surface area contributed by atoms with E-state index in [4.69, 9.17) is 10.5 Å². The largest absolute Gasteiger partial charge is 0.496 e. The van der Waals surface area contributed by atoms with Crippen molar-refractivity contribution in [3.63, 3.8) is 0 Å². The third kappa shape index (κ3) is 4.59. The van der Waals surface area contributed by atoms with Gasteiger partial charge in [-0.05, 0) is 44.0 Å². The van der Waals surface area contributed by atoms with Gasteiger partial charge in [0, 0.05) is 18.3 Å². The van der Waals surface area contributed by atoms with Crippen LogP contribution >= 0.6 is 0 Å². The van der Waals surface area contributed by atoms with Crippen molar-refractivity contribution >= 4 is 22.8 Å². The van der Waals surface area contributed by atoms with Gasteiger partial charge in [0.2, 0.25) is 5.95 Å². The fourth-order valence-corrected chi connectivity index (χ4v) is 3.99. The first-order valence-electron chi connectivity index (χ1n) is 11.2. The molecule has 10 nitrogen and oxygen atoms in total. The van der Waals surface area contributed by atoms with Crippen LogP contribution in [0.1, 0.15) is 57.0 Å². The molecule has 0 unspecified atom stereocenters. The molecular weight excluding hydrogens is 418 g/mol. The number of nitrogens with one attached hydrogen (secondary N) is 2. The Morgan fingerprint density at radius 2 is 2.03 bits per heavy atom. The first-order chi connectivity index (χ1) is 15.9. The Kier molecular flexibility index (Phi) is 6.43. The highest BCUT2D eigenvalue weighted by Gasteiger charge is 2.28. The summed E-state index contributed by atoms with van der Waals surface area (Å²) in [7, 11) is 1.68. The van der Waals surface area contributed by atoms with E-state index < -0.39 is 5.41 Å². The second kappa shape index (κ2) is 9.43. The minimum atomic E-state index is -0.420. The van der Waals surface area contributed by atoms with E-state index in [0.29, 0.717) is 12.4 Å². The molecule has 3 aromatic heterocycles. The number of rotatable bonds is 10. The number of hydrogen-bond donors (Lipinski definition) is 3. The number of aromatic amines is 1. The van der Waals surface area contributed by atoms with E-state index >= 15 is 0 Å². The lowest BCUT2D eigenvalue weighted by molar-refractivity contribution is 0.408. The second-order valence-electron chi connectivity index (χ2n) is 8.63. The molecule has 0 amide bonds. The zero-order valence-electron chi connectivity index (χ0n) is 19.6. The van der Waals surface area contributed by atoms with Gasteiger partial charge < -0.3 is 20.4 Å². The molecule has 0 aliphatic rings. The molecule has 33 heavy (non-hydrogen) atoms. The number of nitrogen functional groups attached to an aromatic ring is 1. The average molecular weight is 450 g/mol. The monoisotopic (exact) mass is 449 g/mol. The Bertz CT molecular complexity index is 1210. The predicted molar refractivity (Wildman–Crippen MR) is 128 cm³/mol. The van der Waals surface area contributed by atoms with Crippen LogP contribution in [0.25, 0.3) is 11.0 Å². The molecule has 4 N–H and O–H groups in total. The van der Waals surface area contributed by atoms with E-state index in [2.05, 4.69) is 67.3 Å². The maximum Gasteiger partial charge on any atom is 0.222 e. The molecule has 0 fully saturated rings. The SMILES string of the molecule is CCCCCNc1nc(N)nc2ccn(Cc3cc(C(C)(C)c4nn[nH]n4)ccc3OC)c12. The molecule has 0 bridgehead atoms. The van der Waals surface area contributed by atoms with E-state index in [0.717, 1.165) is 59.5 Å². The zero-order valence-corrected chi connectivity index (χ0v) is 19.6. The number of H-pyrrole nitrogens is 1. The number of fused-ring (bicyclic) bond motifs is 1. The summed E-state index contributed by atoms with van der Waals surface area (Å²) in [4.78, 5) is 8.91. The summed E-state index contributed by atoms with van der Waals surface area (Å²) in [5.74, 6) is 2.45. The zero-order chi connectivity index (χ0) is 23.4. The highest BCUT2D eigenvalue weighted by Crippen LogP contribution is 2.33. The third-order valence-electron chi connectivity index (χ3n) is 5.95. The van der Waals surface area contributed by atoms with Crippen LogP contribution in [0.15, 0.2) is 30.5 Å². The normalized spacial score (nSPS) is 11.8. The van der Waals surface area contributed by atoms with E-state index in [9.17, 15) is 0 Å². The summed E-state index contributed by atoms with van der Waals surface area (Å²) in [6.07, 6.45) is 5.41. The molecule has 10 heteroatoms. The smallest absolute Gasteiger partial charge is 0.222 e. The quantitative estimate of drug-likeness (QED) is 0.313. The molecule has 1 aromatic carbocycles. The summed E-state index contributed by atoms with van der Waals surface area (Å²) >= 11 is 0. The van der Waals surface area contributed by atoms with Gasteiger partial charge in [-0.2, -0.15) is 10.2 Å². The second-order valence-corrected chi connectivity index (χ2v) is 8.63. The number of hydrogen-bond acceptors (Lipinski definition) is 8. The number of tetrazole rings is 1. The van der Waals surface area contributed by atoms with Crippen LogP contribution in [0.4, 0.5) is 11.8 Å². The van der Waals surface area contributed by atoms with Gasteiger partial charge in [0.1, 0.15) is 11.3 Å². The number of methoxy groups -OCH3 is 1. The summed E-state index contributed by atoms with van der Waals surface area (Å²) in [5.41, 5.74) is 9.37. The highest BCUT2D eigenvalue weighted by atomic mass is 16.5. The molecule has 0 radical (unpaired) electrons. The van der Waals surface area contributed by atoms with Gasteiger partial charge in [0.15, 0.2) is 11.6 Å². The molecule has 3 heterocycles. The molecule has 0 spiro atoms. The molecule has 0 atom stereocenters. The van der Waals surface area contributed by atoms with Crippen molar-refractivity contribution in [3.8, 4) is 5.75 Å². The van der Waals surface area contributed by atoms with Gasteiger partial charge in [0.05, 0.1) is 24.6 Å². The molecule has 4 rings (SSSR count). The van der Waals surface area contributed by atoms with E-state index in [1.54, 1.807) is 7.11 Å². The summed E-state index contributed by atoms with van der Waals surface area (Å²) < 4.78 is 7.80. The van der Waals surface area contributed by atoms with Crippen molar-refractivity contribution in [2.45, 2.75) is 52.0 Å². The molecule has 0 aliphatic carbocycles. The lowest BCUT2D eigenvalue weighted by atomic mass is 9.83. The van der Waals surface area contributed by atoms with Crippen LogP contribution in [0.3, 0.4) is 0 Å². The predicted octanol–water partition coefficient (Wildman–Crippen LogP) is 3.51. The van der Waals surface area contributed by atoms with Crippen molar-refractivity contribution in [3.05, 3.63) is 47.4 Å². The van der Waals surface area contributed by atoms with Crippen LogP contribution in [0, 0.1) is 0 Å². The Labute approximate surface area is 193 Å². The van der Waals surface area contributed by atoms with E-state index in [1.807, 2.05) is 24.4 Å². The molecule has 0 saturated heterocycles. The van der Waals surface area contributed by atoms with Gasteiger partial charge in [-0.1, -0.05) is 31.0 Å². The van der Waals surface area contributed by atoms with Crippen LogP contribution in [-0.2, 0) is 12.0 Å². The maximum absolute atomic E-state index is 5.97. The van der Waals surface area contributed by atoms with E-state index in [1.165, 1.54) is 0 Å². The lowest BCUT2D eigenvalue weighted by Crippen LogP contribution is -2.21. The fraction of sp³-hybridized carbons (Fsp3) is 0.435. The van der Waals surface area contributed by atoms with Crippen LogP contribution in [0.5, 0.6) is 5.75 Å². The number of unbranched alkanes of at least 4 members (excludes halogenated alkanes) is 2. The molecule has 4 aromatic rings. The van der Waals surface area contributed by atoms with Gasteiger partial charge in [-0.15, -0.1) is 10.2 Å². The number of benzene rings is 1. The Morgan fingerprint density at radius 3 is 2.76 bits per heavy atom. The average Bonchev–Trinajstić information content (AvgIpc) is 3.48. The van der Waals surface area contributed by atoms with Crippen molar-refractivity contribution < 1.29 is 4.74 Å². The van der Waals surface area contributed by atoms with Crippen molar-refractivity contribution in [1.82, 2.24) is 35.2 Å². The van der Waals surface area contributed by atoms with Gasteiger partial charge in [-0.3, -0.25) is 0 Å². The standard InChI is InChI=1S/C23H31N9O/c1-5-6-7-11-25-20-19-17(26-22(24)27-20)10-12-32(19)14-15-13-16(8-9-18(15)33-4)23(2,3)21-28-30-31-29-21/h8-10,12-13H,5-7,11,14H2,1-4H3,(H3,24,25,26,27)(H,28,29,30,31). The Balaban J connectivity index is 1.70. The topological polar surface area (TPSA) is 132 Å². The number of anilines is 2. The third-order valence-corrected chi connectivity index (χ3v) is 5.95. The van der Waals surface area contributed by atoms with Gasteiger partial charge >= 0.3 is 0 Å². The summed E-state index contributed by atoms with van der Waals surface area (Å²) in [5, 5.41) is 18.1. The van der Waals surface area contributed by atoms with Crippen molar-refractivity contribution in [2.24, 2.45) is 0 Å². The van der Waals surface area contributed by atoms with Gasteiger partial charge in [-0.25, -0.2) is 4.98 Å². The number of ether oxygens (including phenoxy) is 1. The lowest BCUT2D eigenvalue weighted by Gasteiger charge is -2.23.